The molecule has 6 nitrogen and oxygen atoms in total. The number of aliphatic carboxylic acids is 1. The SMILES string of the molecule is O=C(CC1(C(=O)O)CCC1)NCc1cc(Cl)c2c(c1)OCCCO2. The number of ether oxygens (including phenoxy) is 2. The zero-order valence-corrected chi connectivity index (χ0v) is 14.0. The lowest BCUT2D eigenvalue weighted by Crippen LogP contribution is -2.42. The Labute approximate surface area is 145 Å². The highest BCUT2D eigenvalue weighted by atomic mass is 35.5. The summed E-state index contributed by atoms with van der Waals surface area (Å²) in [5.41, 5.74) is -0.0949. The van der Waals surface area contributed by atoms with Crippen LogP contribution < -0.4 is 14.8 Å². The predicted octanol–water partition coefficient (Wildman–Crippen LogP) is 2.76. The lowest BCUT2D eigenvalue weighted by Gasteiger charge is -2.36. The van der Waals surface area contributed by atoms with Crippen LogP contribution in [0.4, 0.5) is 0 Å². The van der Waals surface area contributed by atoms with Crippen molar-refractivity contribution in [3.05, 3.63) is 22.7 Å². The standard InChI is InChI=1S/C17H20ClNO5/c18-12-7-11(8-13-15(12)24-6-2-5-23-13)10-19-14(20)9-17(16(21)22)3-1-4-17/h7-8H,1-6,9-10H2,(H,19,20)(H,21,22). The summed E-state index contributed by atoms with van der Waals surface area (Å²) in [4.78, 5) is 23.4. The van der Waals surface area contributed by atoms with Gasteiger partial charge in [-0.3, -0.25) is 9.59 Å². The van der Waals surface area contributed by atoms with Gasteiger partial charge in [-0.15, -0.1) is 0 Å². The van der Waals surface area contributed by atoms with Gasteiger partial charge in [0.25, 0.3) is 0 Å². The third-order valence-corrected chi connectivity index (χ3v) is 4.90. The third-order valence-electron chi connectivity index (χ3n) is 4.61. The van der Waals surface area contributed by atoms with Crippen LogP contribution in [0.5, 0.6) is 11.5 Å². The zero-order valence-electron chi connectivity index (χ0n) is 13.3. The summed E-state index contributed by atoms with van der Waals surface area (Å²) in [7, 11) is 0. The molecule has 24 heavy (non-hydrogen) atoms. The smallest absolute Gasteiger partial charge is 0.310 e. The first-order valence-electron chi connectivity index (χ1n) is 8.08. The van der Waals surface area contributed by atoms with Gasteiger partial charge in [0.2, 0.25) is 5.91 Å². The average molecular weight is 354 g/mol. The van der Waals surface area contributed by atoms with E-state index in [-0.39, 0.29) is 18.9 Å². The fourth-order valence-electron chi connectivity index (χ4n) is 3.03. The van der Waals surface area contributed by atoms with E-state index in [4.69, 9.17) is 21.1 Å². The van der Waals surface area contributed by atoms with Gasteiger partial charge in [0.15, 0.2) is 11.5 Å². The Kier molecular flexibility index (Phi) is 4.85. The molecule has 2 N–H and O–H groups in total. The molecular formula is C17H20ClNO5. The van der Waals surface area contributed by atoms with Gasteiger partial charge in [-0.05, 0) is 30.5 Å². The first-order chi connectivity index (χ1) is 11.5. The Morgan fingerprint density at radius 3 is 2.62 bits per heavy atom. The topological polar surface area (TPSA) is 84.9 Å². The summed E-state index contributed by atoms with van der Waals surface area (Å²) in [5.74, 6) is -0.0448. The Hall–Kier alpha value is -1.95. The van der Waals surface area contributed by atoms with Gasteiger partial charge < -0.3 is 19.9 Å². The normalized spacial score (nSPS) is 18.2. The molecule has 7 heteroatoms. The molecule has 1 aliphatic heterocycles. The van der Waals surface area contributed by atoms with E-state index >= 15 is 0 Å². The van der Waals surface area contributed by atoms with Gasteiger partial charge in [-0.2, -0.15) is 0 Å². The lowest BCUT2D eigenvalue weighted by molar-refractivity contribution is -0.157. The minimum atomic E-state index is -0.887. The summed E-state index contributed by atoms with van der Waals surface area (Å²) in [6.45, 7) is 1.38. The van der Waals surface area contributed by atoms with Crippen molar-refractivity contribution >= 4 is 23.5 Å². The van der Waals surface area contributed by atoms with Crippen molar-refractivity contribution in [3.63, 3.8) is 0 Å². The molecule has 1 aliphatic carbocycles. The van der Waals surface area contributed by atoms with Crippen molar-refractivity contribution in [1.29, 1.82) is 0 Å². The number of carbonyl (C=O) groups is 2. The van der Waals surface area contributed by atoms with Gasteiger partial charge in [0.1, 0.15) is 0 Å². The van der Waals surface area contributed by atoms with E-state index in [1.54, 1.807) is 12.1 Å². The van der Waals surface area contributed by atoms with Crippen LogP contribution >= 0.6 is 11.6 Å². The molecule has 130 valence electrons. The molecule has 3 rings (SSSR count). The number of benzene rings is 1. The second-order valence-electron chi connectivity index (χ2n) is 6.35. The fraction of sp³-hybridized carbons (Fsp3) is 0.529. The number of rotatable bonds is 5. The Morgan fingerprint density at radius 1 is 1.21 bits per heavy atom. The maximum atomic E-state index is 12.1. The average Bonchev–Trinajstić information content (AvgIpc) is 2.74. The number of amides is 1. The van der Waals surface area contributed by atoms with Gasteiger partial charge >= 0.3 is 5.97 Å². The van der Waals surface area contributed by atoms with Crippen LogP contribution in [0.25, 0.3) is 0 Å². The zero-order chi connectivity index (χ0) is 17.2. The van der Waals surface area contributed by atoms with Gasteiger partial charge in [-0.25, -0.2) is 0 Å². The highest BCUT2D eigenvalue weighted by Crippen LogP contribution is 2.44. The number of fused-ring (bicyclic) bond motifs is 1. The van der Waals surface area contributed by atoms with E-state index in [9.17, 15) is 14.7 Å². The molecule has 0 spiro atoms. The molecule has 1 amide bonds. The second-order valence-corrected chi connectivity index (χ2v) is 6.76. The highest BCUT2D eigenvalue weighted by molar-refractivity contribution is 6.32. The highest BCUT2D eigenvalue weighted by Gasteiger charge is 2.45. The number of hydrogen-bond acceptors (Lipinski definition) is 4. The second kappa shape index (κ2) is 6.89. The summed E-state index contributed by atoms with van der Waals surface area (Å²) in [5, 5.41) is 12.5. The molecule has 0 atom stereocenters. The van der Waals surface area contributed by atoms with Crippen LogP contribution in [-0.4, -0.2) is 30.2 Å². The van der Waals surface area contributed by atoms with Crippen molar-refractivity contribution in [2.45, 2.75) is 38.6 Å². The van der Waals surface area contributed by atoms with Crippen molar-refractivity contribution in [3.8, 4) is 11.5 Å². The Balaban J connectivity index is 1.62. The number of nitrogens with one attached hydrogen (secondary N) is 1. The van der Waals surface area contributed by atoms with Crippen LogP contribution in [0.3, 0.4) is 0 Å². The summed E-state index contributed by atoms with van der Waals surface area (Å²) in [6, 6.07) is 3.52. The first-order valence-corrected chi connectivity index (χ1v) is 8.46. The van der Waals surface area contributed by atoms with E-state index < -0.39 is 11.4 Å². The van der Waals surface area contributed by atoms with E-state index in [1.165, 1.54) is 0 Å². The molecule has 0 unspecified atom stereocenters. The Bertz CT molecular complexity index is 657. The van der Waals surface area contributed by atoms with Crippen LogP contribution in [0.15, 0.2) is 12.1 Å². The van der Waals surface area contributed by atoms with Crippen molar-refractivity contribution in [1.82, 2.24) is 5.32 Å². The van der Waals surface area contributed by atoms with Gasteiger partial charge in [0, 0.05) is 19.4 Å². The number of carboxylic acid groups (broad SMARTS) is 1. The molecule has 1 heterocycles. The molecule has 0 saturated heterocycles. The minimum Gasteiger partial charge on any atom is -0.489 e. The van der Waals surface area contributed by atoms with Crippen molar-refractivity contribution in [2.24, 2.45) is 5.41 Å². The molecule has 0 radical (unpaired) electrons. The van der Waals surface area contributed by atoms with E-state index in [0.29, 0.717) is 42.6 Å². The number of carboxylic acids is 1. The van der Waals surface area contributed by atoms with E-state index in [1.807, 2.05) is 0 Å². The largest absolute Gasteiger partial charge is 0.489 e. The number of halogens is 1. The number of hydrogen-bond donors (Lipinski definition) is 2. The summed E-state index contributed by atoms with van der Waals surface area (Å²) >= 11 is 6.22. The van der Waals surface area contributed by atoms with Crippen molar-refractivity contribution < 1.29 is 24.2 Å². The molecule has 2 aliphatic rings. The van der Waals surface area contributed by atoms with Crippen LogP contribution in [0.2, 0.25) is 5.02 Å². The number of carbonyl (C=O) groups excluding carboxylic acids is 1. The van der Waals surface area contributed by atoms with Crippen LogP contribution in [0, 0.1) is 5.41 Å². The molecule has 1 fully saturated rings. The van der Waals surface area contributed by atoms with Gasteiger partial charge in [0.05, 0.1) is 23.7 Å². The maximum absolute atomic E-state index is 12.1. The van der Waals surface area contributed by atoms with Gasteiger partial charge in [-0.1, -0.05) is 18.0 Å². The van der Waals surface area contributed by atoms with E-state index in [2.05, 4.69) is 5.32 Å². The molecule has 1 aromatic carbocycles. The molecular weight excluding hydrogens is 334 g/mol. The fourth-order valence-corrected chi connectivity index (χ4v) is 3.31. The van der Waals surface area contributed by atoms with E-state index in [0.717, 1.165) is 18.4 Å². The molecule has 0 aromatic heterocycles. The monoisotopic (exact) mass is 353 g/mol. The Morgan fingerprint density at radius 2 is 1.96 bits per heavy atom. The predicted molar refractivity (Wildman–Crippen MR) is 87.4 cm³/mol. The molecule has 0 bridgehead atoms. The summed E-state index contributed by atoms with van der Waals surface area (Å²) in [6.07, 6.45) is 2.78. The third kappa shape index (κ3) is 3.43. The maximum Gasteiger partial charge on any atom is 0.310 e. The van der Waals surface area contributed by atoms with Crippen LogP contribution in [-0.2, 0) is 16.1 Å². The molecule has 1 saturated carbocycles. The van der Waals surface area contributed by atoms with Crippen LogP contribution in [0.1, 0.15) is 37.7 Å². The molecule has 1 aromatic rings. The first kappa shape index (κ1) is 16.9. The lowest BCUT2D eigenvalue weighted by atomic mass is 9.66. The summed E-state index contributed by atoms with van der Waals surface area (Å²) < 4.78 is 11.2. The quantitative estimate of drug-likeness (QED) is 0.850. The minimum absolute atomic E-state index is 0.0145. The van der Waals surface area contributed by atoms with Crippen molar-refractivity contribution in [2.75, 3.05) is 13.2 Å².